The number of anilines is 1. The number of hydrogen-bond acceptors (Lipinski definition) is 6. The zero-order chi connectivity index (χ0) is 16.4. The summed E-state index contributed by atoms with van der Waals surface area (Å²) in [4.78, 5) is 26.1. The number of hydrogen-bond donors (Lipinski definition) is 2. The summed E-state index contributed by atoms with van der Waals surface area (Å²) >= 11 is 1.11. The number of carbonyl (C=O) groups excluding carboxylic acids is 1. The van der Waals surface area contributed by atoms with E-state index in [-0.39, 0.29) is 17.1 Å². The first-order chi connectivity index (χ1) is 11.0. The van der Waals surface area contributed by atoms with Crippen molar-refractivity contribution in [3.63, 3.8) is 0 Å². The normalized spacial score (nSPS) is 13.8. The van der Waals surface area contributed by atoms with E-state index in [2.05, 4.69) is 20.5 Å². The zero-order valence-corrected chi connectivity index (χ0v) is 12.6. The van der Waals surface area contributed by atoms with Crippen molar-refractivity contribution >= 4 is 29.0 Å². The third kappa shape index (κ3) is 3.83. The monoisotopic (exact) mass is 337 g/mol. The van der Waals surface area contributed by atoms with E-state index < -0.39 is 16.6 Å². The highest BCUT2D eigenvalue weighted by molar-refractivity contribution is 7.99. The minimum Gasteiger partial charge on any atom is -0.323 e. The molecule has 2 N–H and O–H groups in total. The molecule has 10 heteroatoms. The Hall–Kier alpha value is -2.49. The predicted octanol–water partition coefficient (Wildman–Crippen LogP) is 2.46. The Labute approximate surface area is 134 Å². The van der Waals surface area contributed by atoms with Crippen molar-refractivity contribution < 1.29 is 14.1 Å². The Morgan fingerprint density at radius 3 is 3.00 bits per heavy atom. The van der Waals surface area contributed by atoms with Gasteiger partial charge < -0.3 is 5.32 Å². The second-order valence-corrected chi connectivity index (χ2v) is 5.98. The van der Waals surface area contributed by atoms with Crippen molar-refractivity contribution in [2.24, 2.45) is 0 Å². The van der Waals surface area contributed by atoms with Gasteiger partial charge in [-0.3, -0.25) is 20.0 Å². The Balaban J connectivity index is 1.58. The van der Waals surface area contributed by atoms with Gasteiger partial charge in [0.25, 0.3) is 5.69 Å². The van der Waals surface area contributed by atoms with Crippen molar-refractivity contribution in [3.05, 3.63) is 40.0 Å². The van der Waals surface area contributed by atoms with Crippen LogP contribution in [-0.4, -0.2) is 31.8 Å². The molecule has 0 unspecified atom stereocenters. The van der Waals surface area contributed by atoms with Gasteiger partial charge in [0.05, 0.1) is 16.4 Å². The number of aromatic amines is 1. The molecule has 1 fully saturated rings. The van der Waals surface area contributed by atoms with Crippen LogP contribution in [0.4, 0.5) is 15.8 Å². The first-order valence-corrected chi connectivity index (χ1v) is 7.80. The van der Waals surface area contributed by atoms with Gasteiger partial charge in [0.2, 0.25) is 11.1 Å². The number of nitro groups is 1. The standard InChI is InChI=1S/C13H12FN5O3S/c14-9-4-3-8(19(21)22)5-10(9)15-11(20)6-23-13-16-12(17-18-13)7-1-2-7/h3-5,7H,1-2,6H2,(H,15,20)(H,16,17,18). The minimum atomic E-state index is -0.733. The fraction of sp³-hybridized carbons (Fsp3) is 0.308. The number of aromatic nitrogens is 3. The summed E-state index contributed by atoms with van der Waals surface area (Å²) in [6.45, 7) is 0. The van der Waals surface area contributed by atoms with Crippen molar-refractivity contribution in [2.75, 3.05) is 11.1 Å². The van der Waals surface area contributed by atoms with Gasteiger partial charge >= 0.3 is 0 Å². The van der Waals surface area contributed by atoms with E-state index >= 15 is 0 Å². The van der Waals surface area contributed by atoms with E-state index in [4.69, 9.17) is 0 Å². The van der Waals surface area contributed by atoms with Gasteiger partial charge in [-0.05, 0) is 18.9 Å². The predicted molar refractivity (Wildman–Crippen MR) is 80.8 cm³/mol. The van der Waals surface area contributed by atoms with Gasteiger partial charge in [0.15, 0.2) is 0 Å². The largest absolute Gasteiger partial charge is 0.323 e. The van der Waals surface area contributed by atoms with Crippen molar-refractivity contribution in [3.8, 4) is 0 Å². The second-order valence-electron chi connectivity index (χ2n) is 5.04. The van der Waals surface area contributed by atoms with Crippen LogP contribution in [0.25, 0.3) is 0 Å². The summed E-state index contributed by atoms with van der Waals surface area (Å²) in [7, 11) is 0. The van der Waals surface area contributed by atoms with Crippen LogP contribution in [0, 0.1) is 15.9 Å². The second kappa shape index (κ2) is 6.32. The topological polar surface area (TPSA) is 114 Å². The Kier molecular flexibility index (Phi) is 4.24. The number of nitro benzene ring substituents is 1. The van der Waals surface area contributed by atoms with Gasteiger partial charge in [-0.25, -0.2) is 9.37 Å². The van der Waals surface area contributed by atoms with Crippen LogP contribution in [0.1, 0.15) is 24.6 Å². The van der Waals surface area contributed by atoms with Crippen LogP contribution in [-0.2, 0) is 4.79 Å². The number of nitrogens with zero attached hydrogens (tertiary/aromatic N) is 3. The van der Waals surface area contributed by atoms with E-state index in [1.807, 2.05) is 0 Å². The van der Waals surface area contributed by atoms with E-state index in [0.29, 0.717) is 11.1 Å². The third-order valence-electron chi connectivity index (χ3n) is 3.21. The maximum Gasteiger partial charge on any atom is 0.271 e. The molecule has 0 saturated heterocycles. The van der Waals surface area contributed by atoms with Crippen LogP contribution in [0.3, 0.4) is 0 Å². The summed E-state index contributed by atoms with van der Waals surface area (Å²) in [6.07, 6.45) is 2.18. The van der Waals surface area contributed by atoms with Crippen LogP contribution < -0.4 is 5.32 Å². The number of rotatable bonds is 6. The average molecular weight is 337 g/mol. The lowest BCUT2D eigenvalue weighted by molar-refractivity contribution is -0.384. The molecular weight excluding hydrogens is 325 g/mol. The molecule has 0 aliphatic heterocycles. The molecule has 1 aromatic carbocycles. The molecular formula is C13H12FN5O3S. The highest BCUT2D eigenvalue weighted by Gasteiger charge is 2.27. The summed E-state index contributed by atoms with van der Waals surface area (Å²) in [5, 5.41) is 20.2. The molecule has 0 radical (unpaired) electrons. The molecule has 0 atom stereocenters. The van der Waals surface area contributed by atoms with Crippen LogP contribution >= 0.6 is 11.8 Å². The maximum atomic E-state index is 13.6. The van der Waals surface area contributed by atoms with Crippen LogP contribution in [0.2, 0.25) is 0 Å². The molecule has 1 saturated carbocycles. The first-order valence-electron chi connectivity index (χ1n) is 6.82. The smallest absolute Gasteiger partial charge is 0.271 e. The molecule has 0 spiro atoms. The molecule has 1 heterocycles. The van der Waals surface area contributed by atoms with E-state index in [9.17, 15) is 19.3 Å². The van der Waals surface area contributed by atoms with E-state index in [0.717, 1.165) is 48.6 Å². The Bertz CT molecular complexity index is 762. The quantitative estimate of drug-likeness (QED) is 0.475. The zero-order valence-electron chi connectivity index (χ0n) is 11.8. The molecule has 2 aromatic rings. The summed E-state index contributed by atoms with van der Waals surface area (Å²) in [5.74, 6) is 0.00157. The van der Waals surface area contributed by atoms with Gasteiger partial charge in [0.1, 0.15) is 11.6 Å². The van der Waals surface area contributed by atoms with E-state index in [1.165, 1.54) is 0 Å². The Morgan fingerprint density at radius 1 is 1.52 bits per heavy atom. The van der Waals surface area contributed by atoms with E-state index in [1.54, 1.807) is 0 Å². The molecule has 1 aliphatic carbocycles. The number of carbonyl (C=O) groups is 1. The van der Waals surface area contributed by atoms with Gasteiger partial charge in [-0.1, -0.05) is 11.8 Å². The Morgan fingerprint density at radius 2 is 2.30 bits per heavy atom. The van der Waals surface area contributed by atoms with Crippen molar-refractivity contribution in [2.45, 2.75) is 23.9 Å². The van der Waals surface area contributed by atoms with Gasteiger partial charge in [-0.2, -0.15) is 0 Å². The molecule has 0 bridgehead atoms. The molecule has 23 heavy (non-hydrogen) atoms. The number of H-pyrrole nitrogens is 1. The SMILES string of the molecule is O=C(CSc1n[nH]c(C2CC2)n1)Nc1cc([N+](=O)[O-])ccc1F. The fourth-order valence-corrected chi connectivity index (χ4v) is 2.51. The molecule has 1 aliphatic rings. The molecule has 1 aromatic heterocycles. The summed E-state index contributed by atoms with van der Waals surface area (Å²) in [6, 6.07) is 2.96. The van der Waals surface area contributed by atoms with Crippen LogP contribution in [0.5, 0.6) is 0 Å². The van der Waals surface area contributed by atoms with Crippen molar-refractivity contribution in [1.82, 2.24) is 15.2 Å². The van der Waals surface area contributed by atoms with Crippen LogP contribution in [0.15, 0.2) is 23.4 Å². The molecule has 120 valence electrons. The number of amides is 1. The number of nitrogens with one attached hydrogen (secondary N) is 2. The number of benzene rings is 1. The number of non-ortho nitro benzene ring substituents is 1. The molecule has 3 rings (SSSR count). The summed E-state index contributed by atoms with van der Waals surface area (Å²) < 4.78 is 13.6. The first kappa shape index (κ1) is 15.4. The lowest BCUT2D eigenvalue weighted by atomic mass is 10.2. The highest BCUT2D eigenvalue weighted by atomic mass is 32.2. The van der Waals surface area contributed by atoms with Gasteiger partial charge in [0, 0.05) is 18.1 Å². The summed E-state index contributed by atoms with van der Waals surface area (Å²) in [5.41, 5.74) is -0.518. The lowest BCUT2D eigenvalue weighted by Crippen LogP contribution is -2.15. The van der Waals surface area contributed by atoms with Crippen molar-refractivity contribution in [1.29, 1.82) is 0 Å². The average Bonchev–Trinajstić information content (AvgIpc) is 3.26. The highest BCUT2D eigenvalue weighted by Crippen LogP contribution is 2.38. The number of thioether (sulfide) groups is 1. The fourth-order valence-electron chi connectivity index (χ4n) is 1.90. The minimum absolute atomic E-state index is 0.0237. The lowest BCUT2D eigenvalue weighted by Gasteiger charge is -2.05. The molecule has 8 nitrogen and oxygen atoms in total. The number of halogens is 1. The van der Waals surface area contributed by atoms with Gasteiger partial charge in [-0.15, -0.1) is 5.10 Å². The molecule has 1 amide bonds. The third-order valence-corrected chi connectivity index (χ3v) is 4.06. The maximum absolute atomic E-state index is 13.6.